The van der Waals surface area contributed by atoms with E-state index in [9.17, 15) is 0 Å². The number of hydrogen-bond acceptors (Lipinski definition) is 3. The van der Waals surface area contributed by atoms with E-state index in [1.54, 1.807) is 7.11 Å². The van der Waals surface area contributed by atoms with Crippen LogP contribution < -0.4 is 15.4 Å². The number of methoxy groups -OCH3 is 1. The molecule has 3 nitrogen and oxygen atoms in total. The van der Waals surface area contributed by atoms with Crippen LogP contribution in [0.25, 0.3) is 0 Å². The average Bonchev–Trinajstić information content (AvgIpc) is 2.87. The minimum atomic E-state index is 0.890. The summed E-state index contributed by atoms with van der Waals surface area (Å²) in [5.41, 5.74) is 2.89. The number of unbranched alkanes of at least 4 members (excludes halogenated alkanes) is 3. The molecule has 33 heavy (non-hydrogen) atoms. The number of nitrogens with one attached hydrogen (secondary N) is 2. The lowest BCUT2D eigenvalue weighted by Gasteiger charge is -2.29. The molecule has 0 spiro atoms. The zero-order valence-corrected chi connectivity index (χ0v) is 20.9. The van der Waals surface area contributed by atoms with E-state index in [2.05, 4.69) is 65.2 Å². The number of hydrogen-bond donors (Lipinski definition) is 2. The van der Waals surface area contributed by atoms with Gasteiger partial charge in [-0.15, -0.1) is 0 Å². The maximum Gasteiger partial charge on any atom is 0.118 e. The summed E-state index contributed by atoms with van der Waals surface area (Å²) in [6.45, 7) is 4.78. The molecule has 0 atom stereocenters. The van der Waals surface area contributed by atoms with Gasteiger partial charge < -0.3 is 15.4 Å². The van der Waals surface area contributed by atoms with Crippen molar-refractivity contribution in [2.45, 2.75) is 70.6 Å². The summed E-state index contributed by atoms with van der Waals surface area (Å²) in [6, 6.07) is 19.4. The molecule has 0 saturated heterocycles. The first-order chi connectivity index (χ1) is 16.3. The summed E-state index contributed by atoms with van der Waals surface area (Å²) < 4.78 is 5.23. The Morgan fingerprint density at radius 2 is 1.15 bits per heavy atom. The van der Waals surface area contributed by atoms with Crippen LogP contribution in [-0.2, 0) is 12.8 Å². The third-order valence-electron chi connectivity index (χ3n) is 7.22. The van der Waals surface area contributed by atoms with E-state index in [0.29, 0.717) is 0 Å². The predicted molar refractivity (Wildman–Crippen MR) is 141 cm³/mol. The summed E-state index contributed by atoms with van der Waals surface area (Å²) in [4.78, 5) is 0. The van der Waals surface area contributed by atoms with Gasteiger partial charge in [0.1, 0.15) is 5.75 Å². The molecule has 0 aromatic heterocycles. The second kappa shape index (κ2) is 15.9. The van der Waals surface area contributed by atoms with Gasteiger partial charge in [-0.3, -0.25) is 0 Å². The molecule has 0 unspecified atom stereocenters. The summed E-state index contributed by atoms with van der Waals surface area (Å²) in [5.74, 6) is 2.73. The molecular formula is C30H46N2O. The first kappa shape index (κ1) is 25.8. The lowest BCUT2D eigenvalue weighted by molar-refractivity contribution is 0.261. The van der Waals surface area contributed by atoms with Crippen LogP contribution in [0.4, 0.5) is 0 Å². The highest BCUT2D eigenvalue weighted by Gasteiger charge is 2.20. The van der Waals surface area contributed by atoms with E-state index >= 15 is 0 Å². The lowest BCUT2D eigenvalue weighted by atomic mass is 9.82. The van der Waals surface area contributed by atoms with E-state index in [1.165, 1.54) is 95.0 Å². The van der Waals surface area contributed by atoms with Crippen LogP contribution in [0.15, 0.2) is 54.6 Å². The zero-order chi connectivity index (χ0) is 23.0. The highest BCUT2D eigenvalue weighted by molar-refractivity contribution is 5.27. The molecule has 0 bridgehead atoms. The van der Waals surface area contributed by atoms with Gasteiger partial charge in [-0.05, 0) is 125 Å². The largest absolute Gasteiger partial charge is 0.497 e. The van der Waals surface area contributed by atoms with Crippen LogP contribution >= 0.6 is 0 Å². The molecule has 0 heterocycles. The Bertz CT molecular complexity index is 723. The van der Waals surface area contributed by atoms with Crippen LogP contribution in [0.2, 0.25) is 0 Å². The topological polar surface area (TPSA) is 33.3 Å². The molecule has 2 aromatic rings. The van der Waals surface area contributed by atoms with Gasteiger partial charge >= 0.3 is 0 Å². The maximum absolute atomic E-state index is 5.23. The van der Waals surface area contributed by atoms with Crippen molar-refractivity contribution in [3.63, 3.8) is 0 Å². The number of benzene rings is 2. The molecule has 1 fully saturated rings. The Balaban J connectivity index is 1.10. The van der Waals surface area contributed by atoms with Gasteiger partial charge in [0.25, 0.3) is 0 Å². The number of rotatable bonds is 16. The Kier molecular flexibility index (Phi) is 12.4. The van der Waals surface area contributed by atoms with E-state index < -0.39 is 0 Å². The monoisotopic (exact) mass is 450 g/mol. The Hall–Kier alpha value is -1.84. The van der Waals surface area contributed by atoms with E-state index in [1.807, 2.05) is 0 Å². The SMILES string of the molecule is COc1ccc(CCCCNCC2CCC(CNCCCCCc3ccccc3)CC2)cc1. The minimum Gasteiger partial charge on any atom is -0.497 e. The van der Waals surface area contributed by atoms with Crippen molar-refractivity contribution in [2.24, 2.45) is 11.8 Å². The summed E-state index contributed by atoms with van der Waals surface area (Å²) in [6.07, 6.45) is 14.5. The summed E-state index contributed by atoms with van der Waals surface area (Å²) in [5, 5.41) is 7.45. The van der Waals surface area contributed by atoms with Crippen LogP contribution in [0.5, 0.6) is 5.75 Å². The molecule has 3 rings (SSSR count). The van der Waals surface area contributed by atoms with Crippen LogP contribution in [0.1, 0.15) is 68.9 Å². The molecule has 1 saturated carbocycles. The van der Waals surface area contributed by atoms with E-state index in [4.69, 9.17) is 4.74 Å². The van der Waals surface area contributed by atoms with Crippen LogP contribution in [0.3, 0.4) is 0 Å². The molecule has 0 radical (unpaired) electrons. The predicted octanol–water partition coefficient (Wildman–Crippen LogP) is 6.42. The third kappa shape index (κ3) is 10.8. The standard InChI is InChI=1S/C30H46N2O/c1-33-30-20-18-27(19-21-30)13-7-9-23-32-25-29-16-14-28(15-17-29)24-31-22-8-3-6-12-26-10-4-2-5-11-26/h2,4-5,10-11,18-21,28-29,31-32H,3,6-9,12-17,22-25H2,1H3. The van der Waals surface area contributed by atoms with Gasteiger partial charge in [-0.25, -0.2) is 0 Å². The summed E-state index contributed by atoms with van der Waals surface area (Å²) in [7, 11) is 1.72. The average molecular weight is 451 g/mol. The van der Waals surface area contributed by atoms with Gasteiger partial charge in [0.05, 0.1) is 7.11 Å². The van der Waals surface area contributed by atoms with Crippen molar-refractivity contribution in [2.75, 3.05) is 33.3 Å². The van der Waals surface area contributed by atoms with Crippen molar-refractivity contribution in [3.05, 3.63) is 65.7 Å². The molecule has 1 aliphatic rings. The lowest BCUT2D eigenvalue weighted by Crippen LogP contribution is -2.31. The van der Waals surface area contributed by atoms with Gasteiger partial charge in [0.15, 0.2) is 0 Å². The minimum absolute atomic E-state index is 0.890. The summed E-state index contributed by atoms with van der Waals surface area (Å²) >= 11 is 0. The molecular weight excluding hydrogens is 404 g/mol. The van der Waals surface area contributed by atoms with Crippen molar-refractivity contribution >= 4 is 0 Å². The first-order valence-electron chi connectivity index (χ1n) is 13.4. The molecule has 0 aliphatic heterocycles. The van der Waals surface area contributed by atoms with Crippen molar-refractivity contribution in [1.29, 1.82) is 0 Å². The van der Waals surface area contributed by atoms with Crippen LogP contribution in [0, 0.1) is 11.8 Å². The van der Waals surface area contributed by atoms with E-state index in [0.717, 1.165) is 30.6 Å². The Morgan fingerprint density at radius 3 is 1.73 bits per heavy atom. The smallest absolute Gasteiger partial charge is 0.118 e. The molecule has 182 valence electrons. The highest BCUT2D eigenvalue weighted by Crippen LogP contribution is 2.28. The molecule has 2 N–H and O–H groups in total. The van der Waals surface area contributed by atoms with Gasteiger partial charge in [0, 0.05) is 0 Å². The highest BCUT2D eigenvalue weighted by atomic mass is 16.5. The Labute approximate surface area is 202 Å². The van der Waals surface area contributed by atoms with Gasteiger partial charge in [0.2, 0.25) is 0 Å². The number of ether oxygens (including phenoxy) is 1. The van der Waals surface area contributed by atoms with Gasteiger partial charge in [-0.1, -0.05) is 48.9 Å². The van der Waals surface area contributed by atoms with E-state index in [-0.39, 0.29) is 0 Å². The van der Waals surface area contributed by atoms with Crippen LogP contribution in [-0.4, -0.2) is 33.3 Å². The fourth-order valence-corrected chi connectivity index (χ4v) is 5.02. The second-order valence-corrected chi connectivity index (χ2v) is 9.90. The fourth-order valence-electron chi connectivity index (χ4n) is 5.02. The second-order valence-electron chi connectivity index (χ2n) is 9.90. The number of aryl methyl sites for hydroxylation is 2. The molecule has 0 amide bonds. The maximum atomic E-state index is 5.23. The molecule has 2 aromatic carbocycles. The molecule has 3 heteroatoms. The van der Waals surface area contributed by atoms with Crippen molar-refractivity contribution < 1.29 is 4.74 Å². The van der Waals surface area contributed by atoms with Crippen molar-refractivity contribution in [3.8, 4) is 5.75 Å². The molecule has 1 aliphatic carbocycles. The quantitative estimate of drug-likeness (QED) is 0.290. The zero-order valence-electron chi connectivity index (χ0n) is 20.9. The first-order valence-corrected chi connectivity index (χ1v) is 13.4. The van der Waals surface area contributed by atoms with Gasteiger partial charge in [-0.2, -0.15) is 0 Å². The Morgan fingerprint density at radius 1 is 0.636 bits per heavy atom. The normalized spacial score (nSPS) is 18.3. The van der Waals surface area contributed by atoms with Crippen molar-refractivity contribution in [1.82, 2.24) is 10.6 Å². The third-order valence-corrected chi connectivity index (χ3v) is 7.22. The fraction of sp³-hybridized carbons (Fsp3) is 0.600.